The van der Waals surface area contributed by atoms with Crippen molar-refractivity contribution in [2.45, 2.75) is 37.8 Å². The summed E-state index contributed by atoms with van der Waals surface area (Å²) in [4.78, 5) is 28.6. The molecule has 3 aromatic rings. The number of quaternary nitrogens is 1. The molecule has 4 rings (SSSR count). The van der Waals surface area contributed by atoms with E-state index in [0.717, 1.165) is 36.1 Å². The minimum Gasteiger partial charge on any atom is -0.477 e. The van der Waals surface area contributed by atoms with Gasteiger partial charge in [0.15, 0.2) is 0 Å². The number of carboxylic acid groups (broad SMARTS) is 1. The van der Waals surface area contributed by atoms with Gasteiger partial charge in [0, 0.05) is 16.3 Å². The summed E-state index contributed by atoms with van der Waals surface area (Å²) in [7, 11) is 0. The van der Waals surface area contributed by atoms with E-state index in [9.17, 15) is 14.7 Å². The van der Waals surface area contributed by atoms with Gasteiger partial charge in [0.25, 0.3) is 5.91 Å². The van der Waals surface area contributed by atoms with Crippen molar-refractivity contribution in [3.8, 4) is 10.4 Å². The molecule has 0 spiro atoms. The Morgan fingerprint density at radius 1 is 1.03 bits per heavy atom. The van der Waals surface area contributed by atoms with Crippen LogP contribution in [-0.2, 0) is 0 Å². The van der Waals surface area contributed by atoms with Crippen LogP contribution >= 0.6 is 34.5 Å². The molecule has 1 saturated carbocycles. The number of rotatable bonds is 5. The molecule has 32 heavy (non-hydrogen) atoms. The molecule has 1 aromatic heterocycles. The van der Waals surface area contributed by atoms with Crippen molar-refractivity contribution in [2.24, 2.45) is 0 Å². The molecule has 166 valence electrons. The quantitative estimate of drug-likeness (QED) is 0.487. The van der Waals surface area contributed by atoms with Crippen molar-refractivity contribution < 1.29 is 20.4 Å². The second-order valence-corrected chi connectivity index (χ2v) is 9.80. The van der Waals surface area contributed by atoms with Gasteiger partial charge in [-0.25, -0.2) is 4.79 Å². The van der Waals surface area contributed by atoms with Crippen molar-refractivity contribution in [3.63, 3.8) is 0 Å². The molecule has 1 fully saturated rings. The molecule has 1 aliphatic carbocycles. The van der Waals surface area contributed by atoms with Crippen LogP contribution in [0, 0.1) is 0 Å². The van der Waals surface area contributed by atoms with Gasteiger partial charge in [-0.2, -0.15) is 0 Å². The second-order valence-electron chi connectivity index (χ2n) is 7.91. The van der Waals surface area contributed by atoms with Gasteiger partial charge in [-0.1, -0.05) is 60.0 Å². The normalized spacial score (nSPS) is 18.3. The Balaban J connectivity index is 1.87. The average Bonchev–Trinajstić information content (AvgIpc) is 3.21. The van der Waals surface area contributed by atoms with E-state index in [2.05, 4.69) is 5.73 Å². The Bertz CT molecular complexity index is 1150. The van der Waals surface area contributed by atoms with Crippen molar-refractivity contribution in [2.75, 3.05) is 4.90 Å². The van der Waals surface area contributed by atoms with Crippen LogP contribution in [0.4, 0.5) is 5.69 Å². The molecule has 1 aliphatic rings. The first-order valence-corrected chi connectivity index (χ1v) is 12.0. The summed E-state index contributed by atoms with van der Waals surface area (Å²) in [6, 6.07) is 15.8. The highest BCUT2D eigenvalue weighted by Crippen LogP contribution is 2.40. The first-order valence-electron chi connectivity index (χ1n) is 10.4. The van der Waals surface area contributed by atoms with Crippen LogP contribution in [0.15, 0.2) is 54.6 Å². The molecule has 0 bridgehead atoms. The lowest BCUT2D eigenvalue weighted by Crippen LogP contribution is -2.71. The van der Waals surface area contributed by atoms with E-state index < -0.39 is 5.97 Å². The van der Waals surface area contributed by atoms with Crippen LogP contribution in [-0.4, -0.2) is 29.1 Å². The maximum absolute atomic E-state index is 13.8. The fourth-order valence-corrected chi connectivity index (χ4v) is 5.70. The van der Waals surface area contributed by atoms with Crippen LogP contribution < -0.4 is 10.6 Å². The summed E-state index contributed by atoms with van der Waals surface area (Å²) >= 11 is 13.6. The van der Waals surface area contributed by atoms with Crippen molar-refractivity contribution in [1.29, 1.82) is 0 Å². The molecule has 0 unspecified atom stereocenters. The Kier molecular flexibility index (Phi) is 6.86. The smallest absolute Gasteiger partial charge is 0.348 e. The minimum atomic E-state index is -1.07. The van der Waals surface area contributed by atoms with E-state index >= 15 is 0 Å². The van der Waals surface area contributed by atoms with Crippen LogP contribution in [0.5, 0.6) is 0 Å². The second kappa shape index (κ2) is 9.63. The summed E-state index contributed by atoms with van der Waals surface area (Å²) in [5.41, 5.74) is 5.86. The zero-order valence-electron chi connectivity index (χ0n) is 17.3. The number of carbonyl (C=O) groups excluding carboxylic acids is 1. The molecule has 0 aliphatic heterocycles. The number of hydrogen-bond donors (Lipinski definition) is 2. The van der Waals surface area contributed by atoms with E-state index in [1.54, 1.807) is 23.1 Å². The van der Waals surface area contributed by atoms with Crippen LogP contribution in [0.25, 0.3) is 10.4 Å². The number of nitrogens with zero attached hydrogens (tertiary/aromatic N) is 1. The van der Waals surface area contributed by atoms with Crippen molar-refractivity contribution in [1.82, 2.24) is 0 Å². The van der Waals surface area contributed by atoms with Crippen LogP contribution in [0.1, 0.15) is 45.7 Å². The van der Waals surface area contributed by atoms with E-state index in [1.165, 1.54) is 17.4 Å². The summed E-state index contributed by atoms with van der Waals surface area (Å²) < 4.78 is 0. The average molecular weight is 490 g/mol. The molecule has 2 atom stereocenters. The summed E-state index contributed by atoms with van der Waals surface area (Å²) in [6.07, 6.45) is 3.62. The van der Waals surface area contributed by atoms with Crippen LogP contribution in [0.3, 0.4) is 0 Å². The maximum Gasteiger partial charge on any atom is 0.348 e. The number of carbonyl (C=O) groups is 2. The van der Waals surface area contributed by atoms with Gasteiger partial charge >= 0.3 is 5.97 Å². The van der Waals surface area contributed by atoms with Crippen molar-refractivity contribution in [3.05, 3.63) is 75.1 Å². The van der Waals surface area contributed by atoms with Gasteiger partial charge < -0.3 is 10.8 Å². The van der Waals surface area contributed by atoms with E-state index in [1.807, 2.05) is 30.3 Å². The topological polar surface area (TPSA) is 85.3 Å². The van der Waals surface area contributed by atoms with Crippen LogP contribution in [0.2, 0.25) is 10.0 Å². The van der Waals surface area contributed by atoms with E-state index in [4.69, 9.17) is 23.2 Å². The Hall–Kier alpha value is -2.38. The first kappa shape index (κ1) is 22.8. The number of thiophene rings is 1. The number of aromatic carboxylic acids is 1. The highest BCUT2D eigenvalue weighted by atomic mass is 35.5. The summed E-state index contributed by atoms with van der Waals surface area (Å²) in [5, 5.41) is 10.7. The molecule has 1 heterocycles. The number of anilines is 1. The lowest BCUT2D eigenvalue weighted by molar-refractivity contribution is -0.428. The van der Waals surface area contributed by atoms with Gasteiger partial charge in [0.2, 0.25) is 0 Å². The lowest BCUT2D eigenvalue weighted by atomic mass is 9.89. The molecule has 8 heteroatoms. The molecular weight excluding hydrogens is 467 g/mol. The SMILES string of the molecule is [NH3+][C@@H]1CCCC[C@H]1N(C(=O)c1ccc(Cl)cc1Cl)c1cc(-c2ccccc2)sc1C(=O)O. The fourth-order valence-electron chi connectivity index (χ4n) is 4.22. The van der Waals surface area contributed by atoms with E-state index in [-0.39, 0.29) is 33.5 Å². The highest BCUT2D eigenvalue weighted by molar-refractivity contribution is 7.18. The molecule has 1 amide bonds. The third kappa shape index (κ3) is 4.55. The predicted octanol–water partition coefficient (Wildman–Crippen LogP) is 5.62. The summed E-state index contributed by atoms with van der Waals surface area (Å²) in [6.45, 7) is 0. The van der Waals surface area contributed by atoms with Gasteiger partial charge in [0.05, 0.1) is 22.3 Å². The molecule has 0 radical (unpaired) electrons. The standard InChI is InChI=1S/C24H22Cl2N2O3S/c25-15-10-11-16(17(26)12-15)23(29)28(19-9-5-4-8-18(19)27)20-13-21(32-22(20)24(30)31)14-6-2-1-3-7-14/h1-3,6-7,10-13,18-19H,4-5,8-9,27H2,(H,30,31)/p+1/t18-,19-/m1/s1. The molecule has 4 N–H and O–H groups in total. The third-order valence-electron chi connectivity index (χ3n) is 5.81. The van der Waals surface area contributed by atoms with Crippen molar-refractivity contribution >= 4 is 52.1 Å². The number of halogens is 2. The Labute approximate surface area is 200 Å². The highest BCUT2D eigenvalue weighted by Gasteiger charge is 2.38. The van der Waals surface area contributed by atoms with Gasteiger partial charge in [-0.05, 0) is 42.7 Å². The zero-order valence-corrected chi connectivity index (χ0v) is 19.6. The van der Waals surface area contributed by atoms with Gasteiger partial charge in [-0.3, -0.25) is 9.69 Å². The third-order valence-corrected chi connectivity index (χ3v) is 7.51. The minimum absolute atomic E-state index is 0.0134. The number of carboxylic acids is 1. The monoisotopic (exact) mass is 489 g/mol. The molecule has 2 aromatic carbocycles. The van der Waals surface area contributed by atoms with Gasteiger partial charge in [0.1, 0.15) is 10.9 Å². The fraction of sp³-hybridized carbons (Fsp3) is 0.250. The maximum atomic E-state index is 13.8. The van der Waals surface area contributed by atoms with Gasteiger partial charge in [-0.15, -0.1) is 11.3 Å². The summed E-state index contributed by atoms with van der Waals surface area (Å²) in [5.74, 6) is -1.41. The van der Waals surface area contributed by atoms with E-state index in [0.29, 0.717) is 10.7 Å². The Morgan fingerprint density at radius 2 is 1.75 bits per heavy atom. The molecular formula is C24H23Cl2N2O3S+. The largest absolute Gasteiger partial charge is 0.477 e. The molecule has 0 saturated heterocycles. The number of benzene rings is 2. The Morgan fingerprint density at radius 3 is 2.41 bits per heavy atom. The zero-order chi connectivity index (χ0) is 22.8. The molecule has 5 nitrogen and oxygen atoms in total. The number of amides is 1. The first-order chi connectivity index (χ1) is 15.4. The lowest BCUT2D eigenvalue weighted by Gasteiger charge is -2.36. The number of hydrogen-bond acceptors (Lipinski definition) is 3. The predicted molar refractivity (Wildman–Crippen MR) is 129 cm³/mol.